The quantitative estimate of drug-likeness (QED) is 0.535. The summed E-state index contributed by atoms with van der Waals surface area (Å²) in [4.78, 5) is 0. The zero-order valence-corrected chi connectivity index (χ0v) is 12.7. The second kappa shape index (κ2) is 5.51. The highest BCUT2D eigenvalue weighted by Gasteiger charge is 2.30. The van der Waals surface area contributed by atoms with Crippen LogP contribution in [0.4, 0.5) is 0 Å². The van der Waals surface area contributed by atoms with E-state index in [2.05, 4.69) is 49.3 Å². The Balaban J connectivity index is 4.31. The highest BCUT2D eigenvalue weighted by atomic mass is 35.6. The fourth-order valence-corrected chi connectivity index (χ4v) is 8.69. The molecule has 1 atom stereocenters. The van der Waals surface area contributed by atoms with Gasteiger partial charge in [0.15, 0.2) is 0 Å². The van der Waals surface area contributed by atoms with Gasteiger partial charge in [-0.25, -0.2) is 0 Å². The van der Waals surface area contributed by atoms with Crippen LogP contribution in [0.1, 0.15) is 13.8 Å². The maximum atomic E-state index is 6.51. The summed E-state index contributed by atoms with van der Waals surface area (Å²) in [5, 5.41) is 0. The van der Waals surface area contributed by atoms with Crippen molar-refractivity contribution in [3.8, 4) is 0 Å². The first kappa shape index (κ1) is 13.6. The Morgan fingerprint density at radius 2 is 1.54 bits per heavy atom. The molecule has 0 aliphatic rings. The van der Waals surface area contributed by atoms with Gasteiger partial charge in [0.05, 0.1) is 0 Å². The standard InChI is InChI=1S/C8H23ClN2Si2/c1-7-11(8-2)12(9)10(3)13(4,5)6/h12H,7-8H2,1-6H3. The third-order valence-corrected chi connectivity index (χ3v) is 11.8. The minimum atomic E-state index is -1.34. The van der Waals surface area contributed by atoms with Crippen LogP contribution in [0.25, 0.3) is 0 Å². The van der Waals surface area contributed by atoms with Crippen molar-refractivity contribution in [2.45, 2.75) is 33.5 Å². The second-order valence-electron chi connectivity index (χ2n) is 4.31. The number of rotatable bonds is 5. The van der Waals surface area contributed by atoms with Gasteiger partial charge in [-0.15, -0.1) is 11.1 Å². The third kappa shape index (κ3) is 4.12. The van der Waals surface area contributed by atoms with Gasteiger partial charge >= 0.3 is 0 Å². The normalized spacial score (nSPS) is 15.5. The van der Waals surface area contributed by atoms with Crippen LogP contribution >= 0.6 is 11.1 Å². The van der Waals surface area contributed by atoms with Crippen molar-refractivity contribution in [2.24, 2.45) is 0 Å². The number of nitrogens with zero attached hydrogens (tertiary/aromatic N) is 2. The van der Waals surface area contributed by atoms with E-state index in [9.17, 15) is 0 Å². The Labute approximate surface area is 90.4 Å². The van der Waals surface area contributed by atoms with Gasteiger partial charge in [0.2, 0.25) is 0 Å². The van der Waals surface area contributed by atoms with Crippen molar-refractivity contribution in [1.82, 2.24) is 8.80 Å². The number of halogens is 1. The van der Waals surface area contributed by atoms with Crippen molar-refractivity contribution in [3.05, 3.63) is 0 Å². The minimum absolute atomic E-state index is 1.08. The molecule has 1 unspecified atom stereocenters. The van der Waals surface area contributed by atoms with E-state index >= 15 is 0 Å². The lowest BCUT2D eigenvalue weighted by atomic mass is 10.7. The van der Waals surface area contributed by atoms with Gasteiger partial charge in [0.25, 0.3) is 8.43 Å². The number of hydrogen-bond acceptors (Lipinski definition) is 2. The Bertz CT molecular complexity index is 146. The summed E-state index contributed by atoms with van der Waals surface area (Å²) < 4.78 is 4.86. The first-order valence-electron chi connectivity index (χ1n) is 4.95. The molecule has 0 N–H and O–H groups in total. The lowest BCUT2D eigenvalue weighted by Crippen LogP contribution is -2.57. The highest BCUT2D eigenvalue weighted by molar-refractivity contribution is 7.08. The van der Waals surface area contributed by atoms with E-state index in [1.54, 1.807) is 0 Å². The summed E-state index contributed by atoms with van der Waals surface area (Å²) in [6.45, 7) is 13.6. The van der Waals surface area contributed by atoms with Gasteiger partial charge in [-0.2, -0.15) is 0 Å². The lowest BCUT2D eigenvalue weighted by molar-refractivity contribution is 0.459. The Hall–Kier alpha value is 0.644. The summed E-state index contributed by atoms with van der Waals surface area (Å²) in [5.41, 5.74) is 0. The molecule has 2 nitrogen and oxygen atoms in total. The van der Waals surface area contributed by atoms with Gasteiger partial charge in [0, 0.05) is 0 Å². The molecule has 13 heavy (non-hydrogen) atoms. The number of hydrogen-bond donors (Lipinski definition) is 0. The minimum Gasteiger partial charge on any atom is -0.327 e. The first-order chi connectivity index (χ1) is 5.84. The smallest absolute Gasteiger partial charge is 0.284 e. The van der Waals surface area contributed by atoms with E-state index in [0.29, 0.717) is 0 Å². The molecule has 80 valence electrons. The molecule has 0 fully saturated rings. The molecule has 0 bridgehead atoms. The van der Waals surface area contributed by atoms with Crippen molar-refractivity contribution >= 4 is 27.7 Å². The van der Waals surface area contributed by atoms with Gasteiger partial charge in [-0.3, -0.25) is 0 Å². The third-order valence-electron chi connectivity index (χ3n) is 2.49. The predicted octanol–water partition coefficient (Wildman–Crippen LogP) is 2.05. The summed E-state index contributed by atoms with van der Waals surface area (Å²) >= 11 is 6.51. The van der Waals surface area contributed by atoms with Crippen molar-refractivity contribution in [1.29, 1.82) is 0 Å². The Morgan fingerprint density at radius 1 is 1.15 bits per heavy atom. The van der Waals surface area contributed by atoms with E-state index in [4.69, 9.17) is 11.1 Å². The fraction of sp³-hybridized carbons (Fsp3) is 1.00. The SMILES string of the molecule is CCN(CC)[SiH](Cl)N(C)[Si](C)(C)C. The topological polar surface area (TPSA) is 6.48 Å². The molecule has 0 rings (SSSR count). The van der Waals surface area contributed by atoms with E-state index in [1.807, 2.05) is 0 Å². The van der Waals surface area contributed by atoms with Crippen LogP contribution in [0, 0.1) is 0 Å². The molecule has 0 aromatic heterocycles. The fourth-order valence-electron chi connectivity index (χ4n) is 1.09. The molecule has 0 aromatic rings. The largest absolute Gasteiger partial charge is 0.327 e. The van der Waals surface area contributed by atoms with E-state index in [0.717, 1.165) is 13.1 Å². The molecule has 0 saturated carbocycles. The molecule has 0 heterocycles. The average molecular weight is 239 g/mol. The summed E-state index contributed by atoms with van der Waals surface area (Å²) in [7, 11) is -0.344. The van der Waals surface area contributed by atoms with Gasteiger partial charge in [-0.1, -0.05) is 33.5 Å². The van der Waals surface area contributed by atoms with Crippen LogP contribution in [0.3, 0.4) is 0 Å². The molecule has 0 saturated heterocycles. The zero-order chi connectivity index (χ0) is 10.6. The van der Waals surface area contributed by atoms with E-state index in [1.165, 1.54) is 0 Å². The van der Waals surface area contributed by atoms with Crippen molar-refractivity contribution in [2.75, 3.05) is 20.1 Å². The summed E-state index contributed by atoms with van der Waals surface area (Å²) in [5.74, 6) is 0. The van der Waals surface area contributed by atoms with Crippen LogP contribution in [0.5, 0.6) is 0 Å². The van der Waals surface area contributed by atoms with Gasteiger partial charge in [0.1, 0.15) is 8.24 Å². The second-order valence-corrected chi connectivity index (χ2v) is 13.2. The predicted molar refractivity (Wildman–Crippen MR) is 67.0 cm³/mol. The maximum absolute atomic E-state index is 6.51. The Morgan fingerprint density at radius 3 is 1.77 bits per heavy atom. The average Bonchev–Trinajstić information content (AvgIpc) is 2.03. The molecule has 0 spiro atoms. The van der Waals surface area contributed by atoms with Crippen LogP contribution in [0.15, 0.2) is 0 Å². The molecular weight excluding hydrogens is 216 g/mol. The monoisotopic (exact) mass is 238 g/mol. The summed E-state index contributed by atoms with van der Waals surface area (Å²) in [6.07, 6.45) is 0. The molecule has 0 aliphatic heterocycles. The molecule has 0 aliphatic carbocycles. The zero-order valence-electron chi connectivity index (χ0n) is 9.76. The van der Waals surface area contributed by atoms with E-state index in [-0.39, 0.29) is 0 Å². The van der Waals surface area contributed by atoms with Crippen LogP contribution in [-0.2, 0) is 0 Å². The lowest BCUT2D eigenvalue weighted by Gasteiger charge is -2.38. The first-order valence-corrected chi connectivity index (χ1v) is 11.2. The molecule has 0 amide bonds. The van der Waals surface area contributed by atoms with E-state index < -0.39 is 16.7 Å². The van der Waals surface area contributed by atoms with Crippen LogP contribution in [-0.4, -0.2) is 45.6 Å². The molecule has 0 radical (unpaired) electrons. The Kier molecular flexibility index (Phi) is 5.78. The highest BCUT2D eigenvalue weighted by Crippen LogP contribution is 2.13. The maximum Gasteiger partial charge on any atom is 0.284 e. The molecular formula is C8H23ClN2Si2. The van der Waals surface area contributed by atoms with Gasteiger partial charge < -0.3 is 8.80 Å². The molecule has 0 aromatic carbocycles. The van der Waals surface area contributed by atoms with Crippen molar-refractivity contribution in [3.63, 3.8) is 0 Å². The summed E-state index contributed by atoms with van der Waals surface area (Å²) in [6, 6.07) is 0. The van der Waals surface area contributed by atoms with Crippen molar-refractivity contribution < 1.29 is 0 Å². The van der Waals surface area contributed by atoms with Crippen LogP contribution in [0.2, 0.25) is 19.6 Å². The van der Waals surface area contributed by atoms with Gasteiger partial charge in [-0.05, 0) is 20.1 Å². The van der Waals surface area contributed by atoms with Crippen LogP contribution < -0.4 is 0 Å². The molecule has 5 heteroatoms.